The molecular weight excluding hydrogens is 412 g/mol. The molecule has 0 bridgehead atoms. The molecule has 1 aliphatic rings. The van der Waals surface area contributed by atoms with E-state index in [4.69, 9.17) is 17.0 Å². The summed E-state index contributed by atoms with van der Waals surface area (Å²) in [4.78, 5) is 38.0. The molecule has 2 atom stereocenters. The Morgan fingerprint density at radius 2 is 2.00 bits per heavy atom. The Balaban J connectivity index is 1.98. The van der Waals surface area contributed by atoms with Gasteiger partial charge in [-0.05, 0) is 29.7 Å². The van der Waals surface area contributed by atoms with Gasteiger partial charge in [0.25, 0.3) is 5.91 Å². The number of thioether (sulfide) groups is 1. The number of hydrogen-bond acceptors (Lipinski definition) is 6. The van der Waals surface area contributed by atoms with Crippen molar-refractivity contribution in [3.63, 3.8) is 0 Å². The molecule has 9 heteroatoms. The second-order valence-corrected chi connectivity index (χ2v) is 8.30. The van der Waals surface area contributed by atoms with Gasteiger partial charge in [-0.25, -0.2) is 4.79 Å². The molecule has 1 aliphatic heterocycles. The molecule has 1 heterocycles. The molecule has 156 valence electrons. The van der Waals surface area contributed by atoms with Crippen LogP contribution in [0.4, 0.5) is 0 Å². The summed E-state index contributed by atoms with van der Waals surface area (Å²) >= 11 is 6.45. The van der Waals surface area contributed by atoms with Crippen molar-refractivity contribution in [2.45, 2.75) is 32.7 Å². The second-order valence-electron chi connectivity index (χ2n) is 6.63. The minimum Gasteiger partial charge on any atom is -0.497 e. The molecule has 7 nitrogen and oxygen atoms in total. The first-order chi connectivity index (χ1) is 13.8. The predicted octanol–water partition coefficient (Wildman–Crippen LogP) is 2.90. The highest BCUT2D eigenvalue weighted by Gasteiger charge is 2.32. The van der Waals surface area contributed by atoms with Gasteiger partial charge in [0.2, 0.25) is 5.91 Å². The van der Waals surface area contributed by atoms with Crippen molar-refractivity contribution in [3.05, 3.63) is 34.7 Å². The Hall–Kier alpha value is -2.39. The van der Waals surface area contributed by atoms with Gasteiger partial charge in [0.15, 0.2) is 0 Å². The SMILES string of the molecule is CC[C@@H](C)[C@@H](NC(=O)CCN1C(=O)/C(=C\c2ccc(OC)cc2)SC1=S)C(=O)O. The normalized spacial score (nSPS) is 17.3. The maximum atomic E-state index is 12.6. The average molecular weight is 437 g/mol. The van der Waals surface area contributed by atoms with Crippen molar-refractivity contribution in [2.24, 2.45) is 5.92 Å². The number of thiocarbonyl (C=S) groups is 1. The zero-order valence-corrected chi connectivity index (χ0v) is 18.1. The van der Waals surface area contributed by atoms with Gasteiger partial charge in [0, 0.05) is 13.0 Å². The number of rotatable bonds is 9. The van der Waals surface area contributed by atoms with Crippen LogP contribution in [0.15, 0.2) is 29.2 Å². The Morgan fingerprint density at radius 3 is 2.55 bits per heavy atom. The highest BCUT2D eigenvalue weighted by Crippen LogP contribution is 2.32. The van der Waals surface area contributed by atoms with Gasteiger partial charge in [-0.1, -0.05) is 56.4 Å². The van der Waals surface area contributed by atoms with Crippen LogP contribution >= 0.6 is 24.0 Å². The van der Waals surface area contributed by atoms with Gasteiger partial charge in [0.1, 0.15) is 16.1 Å². The Bertz CT molecular complexity index is 823. The van der Waals surface area contributed by atoms with E-state index in [0.29, 0.717) is 15.6 Å². The van der Waals surface area contributed by atoms with Gasteiger partial charge < -0.3 is 15.2 Å². The van der Waals surface area contributed by atoms with E-state index in [-0.39, 0.29) is 24.8 Å². The number of aliphatic carboxylic acids is 1. The predicted molar refractivity (Wildman–Crippen MR) is 117 cm³/mol. The second kappa shape index (κ2) is 10.4. The van der Waals surface area contributed by atoms with E-state index >= 15 is 0 Å². The summed E-state index contributed by atoms with van der Waals surface area (Å²) in [5.41, 5.74) is 0.835. The lowest BCUT2D eigenvalue weighted by molar-refractivity contribution is -0.143. The van der Waals surface area contributed by atoms with Crippen LogP contribution in [0.2, 0.25) is 0 Å². The highest BCUT2D eigenvalue weighted by atomic mass is 32.2. The molecule has 2 rings (SSSR count). The molecule has 1 fully saturated rings. The number of carboxylic acids is 1. The Morgan fingerprint density at radius 1 is 1.34 bits per heavy atom. The van der Waals surface area contributed by atoms with Crippen LogP contribution in [0, 0.1) is 5.92 Å². The molecule has 0 aromatic heterocycles. The lowest BCUT2D eigenvalue weighted by Crippen LogP contribution is -2.46. The minimum absolute atomic E-state index is 0.0253. The minimum atomic E-state index is -1.07. The lowest BCUT2D eigenvalue weighted by Gasteiger charge is -2.21. The number of amides is 2. The molecule has 2 amide bonds. The summed E-state index contributed by atoms with van der Waals surface area (Å²) in [5.74, 6) is -1.23. The standard InChI is InChI=1S/C20H24N2O5S2/c1-4-12(2)17(19(25)26)21-16(23)9-10-22-18(24)15(29-20(22)28)11-13-5-7-14(27-3)8-6-13/h5-8,11-12,17H,4,9-10H2,1-3H3,(H,21,23)(H,25,26)/b15-11+/t12-,17-/m1/s1. The summed E-state index contributed by atoms with van der Waals surface area (Å²) in [6.45, 7) is 3.73. The molecule has 29 heavy (non-hydrogen) atoms. The van der Waals surface area contributed by atoms with Gasteiger partial charge in [-0.15, -0.1) is 0 Å². The van der Waals surface area contributed by atoms with E-state index in [9.17, 15) is 19.5 Å². The summed E-state index contributed by atoms with van der Waals surface area (Å²) in [5, 5.41) is 11.8. The maximum Gasteiger partial charge on any atom is 0.326 e. The first kappa shape index (κ1) is 22.9. The Labute approximate surface area is 179 Å². The van der Waals surface area contributed by atoms with Crippen molar-refractivity contribution in [1.29, 1.82) is 0 Å². The summed E-state index contributed by atoms with van der Waals surface area (Å²) in [6.07, 6.45) is 2.34. The van der Waals surface area contributed by atoms with Crippen LogP contribution in [0.25, 0.3) is 6.08 Å². The average Bonchev–Trinajstić information content (AvgIpc) is 2.97. The van der Waals surface area contributed by atoms with E-state index in [1.807, 2.05) is 19.1 Å². The van der Waals surface area contributed by atoms with Gasteiger partial charge in [0.05, 0.1) is 12.0 Å². The van der Waals surface area contributed by atoms with E-state index in [1.54, 1.807) is 32.2 Å². The van der Waals surface area contributed by atoms with Crippen LogP contribution in [0.1, 0.15) is 32.3 Å². The van der Waals surface area contributed by atoms with Crippen molar-refractivity contribution in [1.82, 2.24) is 10.2 Å². The first-order valence-electron chi connectivity index (χ1n) is 9.18. The molecular formula is C20H24N2O5S2. The number of carbonyl (C=O) groups is 3. The molecule has 0 saturated carbocycles. The van der Waals surface area contributed by atoms with Crippen molar-refractivity contribution >= 4 is 52.2 Å². The molecule has 1 saturated heterocycles. The van der Waals surface area contributed by atoms with E-state index in [1.165, 1.54) is 16.7 Å². The van der Waals surface area contributed by atoms with Crippen LogP contribution in [0.3, 0.4) is 0 Å². The fourth-order valence-electron chi connectivity index (χ4n) is 2.69. The van der Waals surface area contributed by atoms with Crippen molar-refractivity contribution < 1.29 is 24.2 Å². The largest absolute Gasteiger partial charge is 0.497 e. The topological polar surface area (TPSA) is 95.9 Å². The number of benzene rings is 1. The van der Waals surface area contributed by atoms with Crippen LogP contribution in [0.5, 0.6) is 5.75 Å². The number of ether oxygens (including phenoxy) is 1. The molecule has 0 radical (unpaired) electrons. The van der Waals surface area contributed by atoms with Gasteiger partial charge >= 0.3 is 5.97 Å². The zero-order chi connectivity index (χ0) is 21.6. The lowest BCUT2D eigenvalue weighted by atomic mass is 9.99. The fraction of sp³-hybridized carbons (Fsp3) is 0.400. The fourth-order valence-corrected chi connectivity index (χ4v) is 3.99. The van der Waals surface area contributed by atoms with E-state index in [0.717, 1.165) is 11.3 Å². The third-order valence-electron chi connectivity index (χ3n) is 4.65. The number of carboxylic acid groups (broad SMARTS) is 1. The van der Waals surface area contributed by atoms with E-state index in [2.05, 4.69) is 5.32 Å². The zero-order valence-electron chi connectivity index (χ0n) is 16.5. The van der Waals surface area contributed by atoms with E-state index < -0.39 is 17.9 Å². The molecule has 1 aromatic carbocycles. The maximum absolute atomic E-state index is 12.6. The van der Waals surface area contributed by atoms with Gasteiger partial charge in [-0.3, -0.25) is 14.5 Å². The summed E-state index contributed by atoms with van der Waals surface area (Å²) in [7, 11) is 1.58. The van der Waals surface area contributed by atoms with Crippen molar-refractivity contribution in [2.75, 3.05) is 13.7 Å². The van der Waals surface area contributed by atoms with Crippen LogP contribution in [-0.4, -0.2) is 51.8 Å². The third kappa shape index (κ3) is 6.04. The summed E-state index contributed by atoms with van der Waals surface area (Å²) < 4.78 is 5.49. The molecule has 0 aliphatic carbocycles. The van der Waals surface area contributed by atoms with Crippen LogP contribution in [-0.2, 0) is 14.4 Å². The molecule has 1 aromatic rings. The molecule has 2 N–H and O–H groups in total. The number of nitrogens with zero attached hydrogens (tertiary/aromatic N) is 1. The smallest absolute Gasteiger partial charge is 0.326 e. The molecule has 0 unspecified atom stereocenters. The highest BCUT2D eigenvalue weighted by molar-refractivity contribution is 8.26. The number of hydrogen-bond donors (Lipinski definition) is 2. The first-order valence-corrected chi connectivity index (χ1v) is 10.4. The van der Waals surface area contributed by atoms with Crippen molar-refractivity contribution in [3.8, 4) is 5.75 Å². The van der Waals surface area contributed by atoms with Crippen LogP contribution < -0.4 is 10.1 Å². The number of nitrogens with one attached hydrogen (secondary N) is 1. The number of carbonyl (C=O) groups excluding carboxylic acids is 2. The summed E-state index contributed by atoms with van der Waals surface area (Å²) in [6, 6.07) is 6.31. The quantitative estimate of drug-likeness (QED) is 0.454. The monoisotopic (exact) mass is 436 g/mol. The Kier molecular flexibility index (Phi) is 8.21. The number of methoxy groups -OCH3 is 1. The van der Waals surface area contributed by atoms with Gasteiger partial charge in [-0.2, -0.15) is 0 Å². The third-order valence-corrected chi connectivity index (χ3v) is 6.02. The molecule has 0 spiro atoms.